The van der Waals surface area contributed by atoms with Crippen LogP contribution in [-0.4, -0.2) is 11.0 Å². The Hall–Kier alpha value is -2.38. The van der Waals surface area contributed by atoms with Crippen LogP contribution in [0.2, 0.25) is 0 Å². The maximum atomic E-state index is 13.6. The van der Waals surface area contributed by atoms with Crippen molar-refractivity contribution in [2.24, 2.45) is 0 Å². The molecule has 4 nitrogen and oxygen atoms in total. The average Bonchev–Trinajstić information content (AvgIpc) is 2.44. The van der Waals surface area contributed by atoms with Crippen LogP contribution in [-0.2, 0) is 4.79 Å². The third-order valence-corrected chi connectivity index (χ3v) is 2.58. The van der Waals surface area contributed by atoms with Crippen LogP contribution in [0.15, 0.2) is 11.0 Å². The van der Waals surface area contributed by atoms with E-state index in [1.165, 1.54) is 6.92 Å². The molecule has 0 spiro atoms. The SMILES string of the molecule is CCC(=O)Oc1c[nH]c2c(F)c(F)c(F)c(F)c2c1=O. The van der Waals surface area contributed by atoms with Crippen LogP contribution in [0.1, 0.15) is 13.3 Å². The van der Waals surface area contributed by atoms with Crippen LogP contribution in [0.3, 0.4) is 0 Å². The quantitative estimate of drug-likeness (QED) is 0.400. The first-order valence-electron chi connectivity index (χ1n) is 5.46. The van der Waals surface area contributed by atoms with E-state index in [-0.39, 0.29) is 6.42 Å². The number of rotatable bonds is 2. The zero-order chi connectivity index (χ0) is 15.0. The molecule has 0 atom stereocenters. The molecule has 106 valence electrons. The molecular formula is C12H7F4NO3. The van der Waals surface area contributed by atoms with Crippen LogP contribution < -0.4 is 10.2 Å². The average molecular weight is 289 g/mol. The fourth-order valence-corrected chi connectivity index (χ4v) is 1.58. The molecule has 0 aliphatic heterocycles. The van der Waals surface area contributed by atoms with Gasteiger partial charge in [-0.05, 0) is 0 Å². The van der Waals surface area contributed by atoms with Gasteiger partial charge in [0.05, 0.1) is 10.9 Å². The summed E-state index contributed by atoms with van der Waals surface area (Å²) in [5.41, 5.74) is -2.10. The number of nitrogens with one attached hydrogen (secondary N) is 1. The highest BCUT2D eigenvalue weighted by molar-refractivity contribution is 5.82. The summed E-state index contributed by atoms with van der Waals surface area (Å²) in [6.07, 6.45) is 0.712. The Morgan fingerprint density at radius 2 is 1.75 bits per heavy atom. The minimum absolute atomic E-state index is 0.0634. The van der Waals surface area contributed by atoms with E-state index in [1.54, 1.807) is 0 Å². The normalized spacial score (nSPS) is 10.8. The van der Waals surface area contributed by atoms with Crippen molar-refractivity contribution in [3.63, 3.8) is 0 Å². The van der Waals surface area contributed by atoms with E-state index in [0.29, 0.717) is 0 Å². The van der Waals surface area contributed by atoms with Crippen LogP contribution in [0.25, 0.3) is 10.9 Å². The largest absolute Gasteiger partial charge is 0.421 e. The lowest BCUT2D eigenvalue weighted by Gasteiger charge is -2.06. The number of H-pyrrole nitrogens is 1. The van der Waals surface area contributed by atoms with E-state index in [9.17, 15) is 27.2 Å². The Morgan fingerprint density at radius 3 is 2.35 bits per heavy atom. The molecule has 0 saturated carbocycles. The van der Waals surface area contributed by atoms with E-state index < -0.39 is 51.3 Å². The predicted molar refractivity (Wildman–Crippen MR) is 60.3 cm³/mol. The number of hydrogen-bond acceptors (Lipinski definition) is 3. The number of carbonyl (C=O) groups is 1. The first-order valence-corrected chi connectivity index (χ1v) is 5.46. The molecule has 0 unspecified atom stereocenters. The van der Waals surface area contributed by atoms with Crippen LogP contribution >= 0.6 is 0 Å². The van der Waals surface area contributed by atoms with Gasteiger partial charge >= 0.3 is 5.97 Å². The second-order valence-corrected chi connectivity index (χ2v) is 3.82. The summed E-state index contributed by atoms with van der Waals surface area (Å²) in [6, 6.07) is 0. The molecule has 1 N–H and O–H groups in total. The summed E-state index contributed by atoms with van der Waals surface area (Å²) in [5.74, 6) is -9.16. The molecule has 8 heteroatoms. The molecule has 20 heavy (non-hydrogen) atoms. The molecule has 0 fully saturated rings. The van der Waals surface area contributed by atoms with Gasteiger partial charge in [0, 0.05) is 12.6 Å². The van der Waals surface area contributed by atoms with Crippen molar-refractivity contribution in [1.29, 1.82) is 0 Å². The van der Waals surface area contributed by atoms with Crippen molar-refractivity contribution in [3.8, 4) is 5.75 Å². The lowest BCUT2D eigenvalue weighted by molar-refractivity contribution is -0.134. The van der Waals surface area contributed by atoms with E-state index >= 15 is 0 Å². The van der Waals surface area contributed by atoms with E-state index in [0.717, 1.165) is 6.20 Å². The minimum Gasteiger partial charge on any atom is -0.421 e. The Bertz CT molecular complexity index is 770. The number of pyridine rings is 1. The Balaban J connectivity index is 2.80. The van der Waals surface area contributed by atoms with Crippen molar-refractivity contribution in [2.75, 3.05) is 0 Å². The second-order valence-electron chi connectivity index (χ2n) is 3.82. The standard InChI is InChI=1S/C12H7F4NO3/c1-2-5(18)20-4-3-17-11-6(12(4)19)7(13)8(14)9(15)10(11)16/h3H,2H2,1H3,(H,17,19). The number of ether oxygens (including phenoxy) is 1. The molecule has 1 heterocycles. The van der Waals surface area contributed by atoms with Gasteiger partial charge in [-0.15, -0.1) is 0 Å². The molecule has 0 saturated heterocycles. The third kappa shape index (κ3) is 2.02. The molecule has 0 aliphatic rings. The smallest absolute Gasteiger partial charge is 0.311 e. The Labute approximate surface area is 109 Å². The van der Waals surface area contributed by atoms with Gasteiger partial charge < -0.3 is 9.72 Å². The monoisotopic (exact) mass is 289 g/mol. The zero-order valence-electron chi connectivity index (χ0n) is 10.0. The number of fused-ring (bicyclic) bond motifs is 1. The number of aromatic amines is 1. The summed E-state index contributed by atoms with van der Waals surface area (Å²) < 4.78 is 57.7. The van der Waals surface area contributed by atoms with Gasteiger partial charge in [0.2, 0.25) is 5.43 Å². The van der Waals surface area contributed by atoms with Crippen molar-refractivity contribution in [1.82, 2.24) is 4.98 Å². The molecule has 0 bridgehead atoms. The summed E-state index contributed by atoms with van der Waals surface area (Å²) in [6.45, 7) is 1.45. The van der Waals surface area contributed by atoms with Crippen LogP contribution in [0.5, 0.6) is 5.75 Å². The summed E-state index contributed by atoms with van der Waals surface area (Å²) in [7, 11) is 0. The second kappa shape index (κ2) is 4.95. The van der Waals surface area contributed by atoms with Crippen LogP contribution in [0.4, 0.5) is 17.6 Å². The molecule has 1 aromatic heterocycles. The fourth-order valence-electron chi connectivity index (χ4n) is 1.58. The van der Waals surface area contributed by atoms with Crippen molar-refractivity contribution in [3.05, 3.63) is 39.7 Å². The number of aromatic nitrogens is 1. The zero-order valence-corrected chi connectivity index (χ0v) is 10.0. The van der Waals surface area contributed by atoms with Gasteiger partial charge in [-0.3, -0.25) is 9.59 Å². The molecule has 0 aliphatic carbocycles. The van der Waals surface area contributed by atoms with Gasteiger partial charge in [0.25, 0.3) is 0 Å². The summed E-state index contributed by atoms with van der Waals surface area (Å²) >= 11 is 0. The first-order chi connectivity index (χ1) is 9.38. The van der Waals surface area contributed by atoms with Crippen molar-refractivity contribution >= 4 is 16.9 Å². The van der Waals surface area contributed by atoms with Gasteiger partial charge in [-0.1, -0.05) is 6.92 Å². The summed E-state index contributed by atoms with van der Waals surface area (Å²) in [5, 5.41) is -1.05. The maximum absolute atomic E-state index is 13.6. The maximum Gasteiger partial charge on any atom is 0.311 e. The van der Waals surface area contributed by atoms with Gasteiger partial charge in [-0.2, -0.15) is 0 Å². The van der Waals surface area contributed by atoms with Gasteiger partial charge in [0.1, 0.15) is 0 Å². The Morgan fingerprint density at radius 1 is 1.15 bits per heavy atom. The fraction of sp³-hybridized carbons (Fsp3) is 0.167. The molecule has 1 aromatic carbocycles. The lowest BCUT2D eigenvalue weighted by Crippen LogP contribution is -2.16. The topological polar surface area (TPSA) is 59.2 Å². The van der Waals surface area contributed by atoms with E-state index in [2.05, 4.69) is 9.72 Å². The predicted octanol–water partition coefficient (Wildman–Crippen LogP) is 2.40. The van der Waals surface area contributed by atoms with Crippen LogP contribution in [0, 0.1) is 23.3 Å². The number of halogens is 4. The van der Waals surface area contributed by atoms with E-state index in [4.69, 9.17) is 0 Å². The molecule has 0 amide bonds. The third-order valence-electron chi connectivity index (χ3n) is 2.58. The van der Waals surface area contributed by atoms with E-state index in [1.807, 2.05) is 0 Å². The molecule has 0 radical (unpaired) electrons. The first kappa shape index (κ1) is 14.0. The minimum atomic E-state index is -2.11. The highest BCUT2D eigenvalue weighted by Gasteiger charge is 2.24. The number of carbonyl (C=O) groups excluding carboxylic acids is 1. The summed E-state index contributed by atoms with van der Waals surface area (Å²) in [4.78, 5) is 25.0. The number of hydrogen-bond donors (Lipinski definition) is 1. The Kier molecular flexibility index (Phi) is 3.47. The number of benzene rings is 1. The molecule has 2 aromatic rings. The van der Waals surface area contributed by atoms with Gasteiger partial charge in [-0.25, -0.2) is 17.6 Å². The molecular weight excluding hydrogens is 282 g/mol. The van der Waals surface area contributed by atoms with Crippen molar-refractivity contribution < 1.29 is 27.1 Å². The molecule has 2 rings (SSSR count). The lowest BCUT2D eigenvalue weighted by atomic mass is 10.1. The number of esters is 1. The van der Waals surface area contributed by atoms with Crippen molar-refractivity contribution in [2.45, 2.75) is 13.3 Å². The highest BCUT2D eigenvalue weighted by atomic mass is 19.2. The van der Waals surface area contributed by atoms with Gasteiger partial charge in [0.15, 0.2) is 29.0 Å². The highest BCUT2D eigenvalue weighted by Crippen LogP contribution is 2.24.